The van der Waals surface area contributed by atoms with Crippen LogP contribution in [0.5, 0.6) is 0 Å². The molecule has 1 aliphatic heterocycles. The molecule has 1 saturated heterocycles. The zero-order valence-corrected chi connectivity index (χ0v) is 10.8. The van der Waals surface area contributed by atoms with Crippen molar-refractivity contribution in [2.24, 2.45) is 0 Å². The monoisotopic (exact) mass is 249 g/mol. The van der Waals surface area contributed by atoms with E-state index in [9.17, 15) is 9.90 Å². The first kappa shape index (κ1) is 13.0. The van der Waals surface area contributed by atoms with E-state index < -0.39 is 6.04 Å². The first-order chi connectivity index (χ1) is 8.54. The van der Waals surface area contributed by atoms with Crippen LogP contribution >= 0.6 is 0 Å². The van der Waals surface area contributed by atoms with Crippen molar-refractivity contribution in [3.8, 4) is 0 Å². The number of carbonyl (C=O) groups is 1. The van der Waals surface area contributed by atoms with Gasteiger partial charge in [-0.1, -0.05) is 0 Å². The molecule has 0 radical (unpaired) electrons. The fourth-order valence-corrected chi connectivity index (χ4v) is 2.28. The fourth-order valence-electron chi connectivity index (χ4n) is 2.28. The van der Waals surface area contributed by atoms with E-state index in [4.69, 9.17) is 0 Å². The van der Waals surface area contributed by atoms with Gasteiger partial charge in [-0.15, -0.1) is 0 Å². The van der Waals surface area contributed by atoms with Crippen LogP contribution in [0.25, 0.3) is 0 Å². The van der Waals surface area contributed by atoms with Crippen molar-refractivity contribution in [2.75, 3.05) is 13.2 Å². The third-order valence-electron chi connectivity index (χ3n) is 3.43. The molecule has 1 aromatic heterocycles. The van der Waals surface area contributed by atoms with Crippen molar-refractivity contribution >= 4 is 5.91 Å². The first-order valence-corrected chi connectivity index (χ1v) is 6.09. The van der Waals surface area contributed by atoms with Gasteiger partial charge in [0.1, 0.15) is 6.04 Å². The fraction of sp³-hybridized carbons (Fsp3) is 0.538. The van der Waals surface area contributed by atoms with Crippen LogP contribution in [0.2, 0.25) is 0 Å². The van der Waals surface area contributed by atoms with Crippen LogP contribution in [-0.4, -0.2) is 45.6 Å². The summed E-state index contributed by atoms with van der Waals surface area (Å²) < 4.78 is 0. The molecule has 0 bridgehead atoms. The van der Waals surface area contributed by atoms with E-state index in [0.29, 0.717) is 13.1 Å². The summed E-state index contributed by atoms with van der Waals surface area (Å²) in [5, 5.41) is 12.3. The van der Waals surface area contributed by atoms with E-state index >= 15 is 0 Å². The highest BCUT2D eigenvalue weighted by atomic mass is 16.3. The molecule has 2 N–H and O–H groups in total. The molecule has 98 valence electrons. The van der Waals surface area contributed by atoms with Gasteiger partial charge >= 0.3 is 0 Å². The molecule has 0 aromatic carbocycles. The Morgan fingerprint density at radius 1 is 1.50 bits per heavy atom. The molecule has 1 amide bonds. The number of hydrogen-bond donors (Lipinski definition) is 2. The molecule has 0 spiro atoms. The van der Waals surface area contributed by atoms with E-state index in [1.54, 1.807) is 12.4 Å². The summed E-state index contributed by atoms with van der Waals surface area (Å²) in [4.78, 5) is 17.8. The van der Waals surface area contributed by atoms with E-state index in [2.05, 4.69) is 24.1 Å². The van der Waals surface area contributed by atoms with Crippen LogP contribution in [0.4, 0.5) is 0 Å². The van der Waals surface area contributed by atoms with Gasteiger partial charge in [-0.2, -0.15) is 0 Å². The number of aromatic nitrogens is 1. The maximum atomic E-state index is 11.8. The lowest BCUT2D eigenvalue weighted by Crippen LogP contribution is -2.66. The Morgan fingerprint density at radius 3 is 2.78 bits per heavy atom. The third-order valence-corrected chi connectivity index (χ3v) is 3.43. The molecular formula is C13H19N3O2. The predicted octanol–water partition coefficient (Wildman–Crippen LogP) is 0.153. The molecule has 5 nitrogen and oxygen atoms in total. The van der Waals surface area contributed by atoms with E-state index in [1.807, 2.05) is 17.0 Å². The molecule has 1 atom stereocenters. The summed E-state index contributed by atoms with van der Waals surface area (Å²) >= 11 is 0. The van der Waals surface area contributed by atoms with Crippen LogP contribution in [0.3, 0.4) is 0 Å². The number of rotatable bonds is 3. The van der Waals surface area contributed by atoms with Crippen LogP contribution in [-0.2, 0) is 11.3 Å². The minimum absolute atomic E-state index is 0.106. The minimum Gasteiger partial charge on any atom is -0.394 e. The molecule has 5 heteroatoms. The van der Waals surface area contributed by atoms with E-state index in [1.165, 1.54) is 0 Å². The number of aliphatic hydroxyl groups is 1. The Morgan fingerprint density at radius 2 is 2.17 bits per heavy atom. The van der Waals surface area contributed by atoms with Gasteiger partial charge in [-0.3, -0.25) is 14.7 Å². The number of carbonyl (C=O) groups excluding carboxylic acids is 1. The Kier molecular flexibility index (Phi) is 3.63. The van der Waals surface area contributed by atoms with Crippen LogP contribution in [0.1, 0.15) is 19.4 Å². The number of nitrogens with one attached hydrogen (secondary N) is 1. The lowest BCUT2D eigenvalue weighted by molar-refractivity contribution is -0.137. The van der Waals surface area contributed by atoms with Gasteiger partial charge in [0.05, 0.1) is 6.61 Å². The van der Waals surface area contributed by atoms with Crippen molar-refractivity contribution in [2.45, 2.75) is 32.0 Å². The van der Waals surface area contributed by atoms with Gasteiger partial charge in [-0.05, 0) is 31.5 Å². The molecular weight excluding hydrogens is 230 g/mol. The molecule has 2 heterocycles. The van der Waals surface area contributed by atoms with E-state index in [-0.39, 0.29) is 18.1 Å². The molecule has 0 saturated carbocycles. The summed E-state index contributed by atoms with van der Waals surface area (Å²) in [5.74, 6) is -0.106. The topological polar surface area (TPSA) is 65.5 Å². The zero-order valence-electron chi connectivity index (χ0n) is 10.8. The zero-order chi connectivity index (χ0) is 13.2. The van der Waals surface area contributed by atoms with Crippen molar-refractivity contribution in [3.05, 3.63) is 30.1 Å². The smallest absolute Gasteiger partial charge is 0.239 e. The SMILES string of the molecule is CC1(C)CNC(=O)C(CO)N1Cc1ccncc1. The highest BCUT2D eigenvalue weighted by Crippen LogP contribution is 2.23. The van der Waals surface area contributed by atoms with E-state index in [0.717, 1.165) is 5.56 Å². The number of piperazine rings is 1. The molecule has 1 aliphatic rings. The van der Waals surface area contributed by atoms with Gasteiger partial charge in [0.2, 0.25) is 5.91 Å². The van der Waals surface area contributed by atoms with Crippen molar-refractivity contribution in [3.63, 3.8) is 0 Å². The quantitative estimate of drug-likeness (QED) is 0.800. The van der Waals surface area contributed by atoms with Crippen molar-refractivity contribution in [1.29, 1.82) is 0 Å². The molecule has 1 unspecified atom stereocenters. The Labute approximate surface area is 107 Å². The second-order valence-corrected chi connectivity index (χ2v) is 5.21. The lowest BCUT2D eigenvalue weighted by Gasteiger charge is -2.46. The molecule has 1 fully saturated rings. The maximum absolute atomic E-state index is 11.8. The number of aliphatic hydroxyl groups excluding tert-OH is 1. The van der Waals surface area contributed by atoms with Gasteiger partial charge < -0.3 is 10.4 Å². The number of hydrogen-bond acceptors (Lipinski definition) is 4. The van der Waals surface area contributed by atoms with Crippen LogP contribution in [0.15, 0.2) is 24.5 Å². The minimum atomic E-state index is -0.484. The summed E-state index contributed by atoms with van der Waals surface area (Å²) in [6.45, 7) is 5.19. The molecule has 2 rings (SSSR count). The number of nitrogens with zero attached hydrogens (tertiary/aromatic N) is 2. The Hall–Kier alpha value is -1.46. The maximum Gasteiger partial charge on any atom is 0.239 e. The highest BCUT2D eigenvalue weighted by Gasteiger charge is 2.40. The van der Waals surface area contributed by atoms with Gasteiger partial charge in [0.15, 0.2) is 0 Å². The van der Waals surface area contributed by atoms with Gasteiger partial charge in [-0.25, -0.2) is 0 Å². The summed E-state index contributed by atoms with van der Waals surface area (Å²) in [5.41, 5.74) is 0.913. The molecule has 18 heavy (non-hydrogen) atoms. The largest absolute Gasteiger partial charge is 0.394 e. The third kappa shape index (κ3) is 2.52. The Balaban J connectivity index is 2.22. The highest BCUT2D eigenvalue weighted by molar-refractivity contribution is 5.83. The Bertz CT molecular complexity index is 420. The summed E-state index contributed by atoms with van der Waals surface area (Å²) in [6.07, 6.45) is 3.47. The van der Waals surface area contributed by atoms with Crippen molar-refractivity contribution < 1.29 is 9.90 Å². The van der Waals surface area contributed by atoms with Crippen LogP contribution < -0.4 is 5.32 Å². The first-order valence-electron chi connectivity index (χ1n) is 6.09. The standard InChI is InChI=1S/C13H19N3O2/c1-13(2)9-15-12(18)11(8-17)16(13)7-10-3-5-14-6-4-10/h3-6,11,17H,7-9H2,1-2H3,(H,15,18). The average molecular weight is 249 g/mol. The average Bonchev–Trinajstić information content (AvgIpc) is 2.36. The molecule has 1 aromatic rings. The number of amides is 1. The van der Waals surface area contributed by atoms with Crippen LogP contribution in [0, 0.1) is 0 Å². The second-order valence-electron chi connectivity index (χ2n) is 5.21. The van der Waals surface area contributed by atoms with Crippen molar-refractivity contribution in [1.82, 2.24) is 15.2 Å². The summed E-state index contributed by atoms with van der Waals surface area (Å²) in [7, 11) is 0. The second kappa shape index (κ2) is 5.04. The lowest BCUT2D eigenvalue weighted by atomic mass is 9.95. The van der Waals surface area contributed by atoms with Gasteiger partial charge in [0.25, 0.3) is 0 Å². The molecule has 0 aliphatic carbocycles. The summed E-state index contributed by atoms with van der Waals surface area (Å²) in [6, 6.07) is 3.37. The van der Waals surface area contributed by atoms with Gasteiger partial charge in [0, 0.05) is 31.0 Å². The normalized spacial score (nSPS) is 23.7. The number of pyridine rings is 1. The predicted molar refractivity (Wildman–Crippen MR) is 67.7 cm³/mol.